The van der Waals surface area contributed by atoms with E-state index in [0.717, 1.165) is 5.56 Å². The molecular formula is C19H16N6O. The first-order chi connectivity index (χ1) is 12.8. The zero-order valence-electron chi connectivity index (χ0n) is 13.9. The van der Waals surface area contributed by atoms with Gasteiger partial charge in [0.1, 0.15) is 0 Å². The first-order valence-electron chi connectivity index (χ1n) is 8.11. The van der Waals surface area contributed by atoms with E-state index < -0.39 is 0 Å². The van der Waals surface area contributed by atoms with Crippen molar-refractivity contribution in [2.75, 3.05) is 5.32 Å². The maximum atomic E-state index is 12.6. The van der Waals surface area contributed by atoms with Crippen molar-refractivity contribution in [1.29, 1.82) is 0 Å². The van der Waals surface area contributed by atoms with Crippen LogP contribution in [0.25, 0.3) is 5.82 Å². The number of carbonyl (C=O) groups is 1. The molecule has 0 spiro atoms. The SMILES string of the molecule is O=C(Nc1cccnc1-n1cccn1)c1ccc(Cn2ccnc2)cc1. The lowest BCUT2D eigenvalue weighted by Gasteiger charge is -2.10. The lowest BCUT2D eigenvalue weighted by Crippen LogP contribution is -2.14. The molecule has 0 atom stereocenters. The molecule has 26 heavy (non-hydrogen) atoms. The van der Waals surface area contributed by atoms with Gasteiger partial charge in [0.05, 0.1) is 12.0 Å². The van der Waals surface area contributed by atoms with Crippen LogP contribution in [0.1, 0.15) is 15.9 Å². The quantitative estimate of drug-likeness (QED) is 0.604. The van der Waals surface area contributed by atoms with E-state index in [9.17, 15) is 4.79 Å². The molecule has 0 aliphatic carbocycles. The lowest BCUT2D eigenvalue weighted by atomic mass is 10.1. The standard InChI is InChI=1S/C19H16N6O/c26-19(16-6-4-15(5-7-16)13-24-12-10-20-14-24)23-17-3-1-8-21-18(17)25-11-2-9-22-25/h1-12,14H,13H2,(H,23,26). The van der Waals surface area contributed by atoms with Crippen LogP contribution in [0.15, 0.2) is 79.8 Å². The Balaban J connectivity index is 1.50. The fourth-order valence-electron chi connectivity index (χ4n) is 2.62. The second-order valence-electron chi connectivity index (χ2n) is 5.71. The van der Waals surface area contributed by atoms with Crippen molar-refractivity contribution in [2.45, 2.75) is 6.54 Å². The van der Waals surface area contributed by atoms with Gasteiger partial charge in [-0.2, -0.15) is 5.10 Å². The highest BCUT2D eigenvalue weighted by atomic mass is 16.1. The number of carbonyl (C=O) groups excluding carboxylic acids is 1. The minimum Gasteiger partial charge on any atom is -0.333 e. The van der Waals surface area contributed by atoms with E-state index in [4.69, 9.17) is 0 Å². The van der Waals surface area contributed by atoms with Crippen LogP contribution in [-0.4, -0.2) is 30.2 Å². The molecule has 1 amide bonds. The fourth-order valence-corrected chi connectivity index (χ4v) is 2.62. The highest BCUT2D eigenvalue weighted by Gasteiger charge is 2.11. The van der Waals surface area contributed by atoms with Crippen LogP contribution >= 0.6 is 0 Å². The summed E-state index contributed by atoms with van der Waals surface area (Å²) in [5.41, 5.74) is 2.27. The van der Waals surface area contributed by atoms with Gasteiger partial charge in [0, 0.05) is 43.1 Å². The minimum atomic E-state index is -0.194. The summed E-state index contributed by atoms with van der Waals surface area (Å²) in [6.07, 6.45) is 10.5. The Labute approximate surface area is 150 Å². The monoisotopic (exact) mass is 344 g/mol. The Kier molecular flexibility index (Phi) is 4.26. The molecule has 4 aromatic rings. The highest BCUT2D eigenvalue weighted by molar-refractivity contribution is 6.05. The summed E-state index contributed by atoms with van der Waals surface area (Å²) in [7, 11) is 0. The fraction of sp³-hybridized carbons (Fsp3) is 0.0526. The molecule has 0 aliphatic heterocycles. The molecule has 0 saturated heterocycles. The number of nitrogens with zero attached hydrogens (tertiary/aromatic N) is 5. The maximum Gasteiger partial charge on any atom is 0.255 e. The van der Waals surface area contributed by atoms with E-state index in [1.165, 1.54) is 0 Å². The number of amides is 1. The van der Waals surface area contributed by atoms with E-state index in [2.05, 4.69) is 20.4 Å². The van der Waals surface area contributed by atoms with E-state index in [0.29, 0.717) is 23.6 Å². The Bertz CT molecular complexity index is 991. The van der Waals surface area contributed by atoms with Crippen LogP contribution in [0.4, 0.5) is 5.69 Å². The summed E-state index contributed by atoms with van der Waals surface area (Å²) in [5.74, 6) is 0.378. The van der Waals surface area contributed by atoms with Crippen molar-refractivity contribution in [3.05, 3.63) is 90.9 Å². The molecule has 7 heteroatoms. The van der Waals surface area contributed by atoms with Crippen molar-refractivity contribution < 1.29 is 4.79 Å². The van der Waals surface area contributed by atoms with Gasteiger partial charge < -0.3 is 9.88 Å². The Morgan fingerprint density at radius 2 is 1.88 bits per heavy atom. The van der Waals surface area contributed by atoms with Crippen molar-refractivity contribution in [2.24, 2.45) is 0 Å². The second kappa shape index (κ2) is 7.02. The summed E-state index contributed by atoms with van der Waals surface area (Å²) in [4.78, 5) is 20.9. The number of rotatable bonds is 5. The molecule has 0 fully saturated rings. The van der Waals surface area contributed by atoms with Gasteiger partial charge in [-0.25, -0.2) is 14.6 Å². The Hall–Kier alpha value is -3.74. The summed E-state index contributed by atoms with van der Waals surface area (Å²) < 4.78 is 3.59. The molecule has 0 unspecified atom stereocenters. The smallest absolute Gasteiger partial charge is 0.255 e. The Morgan fingerprint density at radius 3 is 2.62 bits per heavy atom. The molecule has 0 radical (unpaired) electrons. The van der Waals surface area contributed by atoms with Gasteiger partial charge in [-0.05, 0) is 35.9 Å². The number of aromatic nitrogens is 5. The predicted octanol–water partition coefficient (Wildman–Crippen LogP) is 2.76. The molecule has 128 valence electrons. The molecule has 0 saturated carbocycles. The molecule has 0 aliphatic rings. The number of hydrogen-bond donors (Lipinski definition) is 1. The van der Waals surface area contributed by atoms with Gasteiger partial charge in [0.25, 0.3) is 5.91 Å². The number of benzene rings is 1. The van der Waals surface area contributed by atoms with Crippen molar-refractivity contribution >= 4 is 11.6 Å². The largest absolute Gasteiger partial charge is 0.333 e. The number of anilines is 1. The zero-order chi connectivity index (χ0) is 17.8. The van der Waals surface area contributed by atoms with Crippen LogP contribution in [0, 0.1) is 0 Å². The summed E-state index contributed by atoms with van der Waals surface area (Å²) >= 11 is 0. The normalized spacial score (nSPS) is 10.6. The van der Waals surface area contributed by atoms with Gasteiger partial charge in [-0.1, -0.05) is 12.1 Å². The molecule has 3 aromatic heterocycles. The molecule has 1 N–H and O–H groups in total. The molecule has 1 aromatic carbocycles. The second-order valence-corrected chi connectivity index (χ2v) is 5.71. The van der Waals surface area contributed by atoms with Gasteiger partial charge in [0.2, 0.25) is 0 Å². The van der Waals surface area contributed by atoms with Gasteiger partial charge in [-0.3, -0.25) is 4.79 Å². The van der Waals surface area contributed by atoms with Crippen LogP contribution in [-0.2, 0) is 6.54 Å². The maximum absolute atomic E-state index is 12.6. The van der Waals surface area contributed by atoms with Crippen molar-refractivity contribution in [3.63, 3.8) is 0 Å². The molecule has 4 rings (SSSR count). The number of nitrogens with one attached hydrogen (secondary N) is 1. The van der Waals surface area contributed by atoms with Crippen LogP contribution < -0.4 is 5.32 Å². The van der Waals surface area contributed by atoms with Crippen LogP contribution in [0.3, 0.4) is 0 Å². The first-order valence-corrected chi connectivity index (χ1v) is 8.11. The molecule has 0 bridgehead atoms. The zero-order valence-corrected chi connectivity index (χ0v) is 13.9. The van der Waals surface area contributed by atoms with Crippen LogP contribution in [0.5, 0.6) is 0 Å². The topological polar surface area (TPSA) is 77.6 Å². The third-order valence-corrected chi connectivity index (χ3v) is 3.90. The predicted molar refractivity (Wildman–Crippen MR) is 97.1 cm³/mol. The van der Waals surface area contributed by atoms with Crippen molar-refractivity contribution in [3.8, 4) is 5.82 Å². The molecule has 3 heterocycles. The van der Waals surface area contributed by atoms with E-state index in [-0.39, 0.29) is 5.91 Å². The van der Waals surface area contributed by atoms with E-state index in [1.807, 2.05) is 35.0 Å². The third kappa shape index (κ3) is 3.36. The van der Waals surface area contributed by atoms with Crippen LogP contribution in [0.2, 0.25) is 0 Å². The van der Waals surface area contributed by atoms with Gasteiger partial charge in [0.15, 0.2) is 5.82 Å². The average molecular weight is 344 g/mol. The molecule has 7 nitrogen and oxygen atoms in total. The first kappa shape index (κ1) is 15.8. The number of hydrogen-bond acceptors (Lipinski definition) is 4. The number of pyridine rings is 1. The van der Waals surface area contributed by atoms with Crippen molar-refractivity contribution in [1.82, 2.24) is 24.3 Å². The van der Waals surface area contributed by atoms with E-state index in [1.54, 1.807) is 54.0 Å². The Morgan fingerprint density at radius 1 is 1.00 bits per heavy atom. The summed E-state index contributed by atoms with van der Waals surface area (Å²) in [6, 6.07) is 12.9. The lowest BCUT2D eigenvalue weighted by molar-refractivity contribution is 0.102. The van der Waals surface area contributed by atoms with E-state index >= 15 is 0 Å². The average Bonchev–Trinajstić information content (AvgIpc) is 3.37. The van der Waals surface area contributed by atoms with Gasteiger partial charge in [-0.15, -0.1) is 0 Å². The van der Waals surface area contributed by atoms with Gasteiger partial charge >= 0.3 is 0 Å². The highest BCUT2D eigenvalue weighted by Crippen LogP contribution is 2.17. The summed E-state index contributed by atoms with van der Waals surface area (Å²) in [5, 5.41) is 7.07. The summed E-state index contributed by atoms with van der Waals surface area (Å²) in [6.45, 7) is 0.716. The molecular weight excluding hydrogens is 328 g/mol. The minimum absolute atomic E-state index is 0.194. The number of imidazole rings is 1. The third-order valence-electron chi connectivity index (χ3n) is 3.90.